The Bertz CT molecular complexity index is 452. The summed E-state index contributed by atoms with van der Waals surface area (Å²) in [5.74, 6) is 0. The highest BCUT2D eigenvalue weighted by Gasteiger charge is 2.07. The highest BCUT2D eigenvalue weighted by Crippen LogP contribution is 2.20. The van der Waals surface area contributed by atoms with E-state index in [-0.39, 0.29) is 12.6 Å². The molecule has 2 N–H and O–H groups in total. The Hall–Kier alpha value is -1.78. The lowest BCUT2D eigenvalue weighted by Crippen LogP contribution is -2.19. The molecule has 1 heterocycles. The first-order valence-electron chi connectivity index (χ1n) is 5.50. The Morgan fingerprint density at radius 3 is 2.41 bits per heavy atom. The first kappa shape index (κ1) is 11.7. The first-order valence-corrected chi connectivity index (χ1v) is 5.50. The lowest BCUT2D eigenvalue weighted by Gasteiger charge is -2.13. The van der Waals surface area contributed by atoms with E-state index in [1.54, 1.807) is 12.4 Å². The second kappa shape index (κ2) is 5.52. The van der Waals surface area contributed by atoms with Crippen LogP contribution in [0.25, 0.3) is 11.1 Å². The van der Waals surface area contributed by atoms with Crippen LogP contribution in [0.4, 0.5) is 0 Å². The molecule has 88 valence electrons. The fraction of sp³-hybridized carbons (Fsp3) is 0.231. The van der Waals surface area contributed by atoms with Gasteiger partial charge in [-0.1, -0.05) is 24.3 Å². The van der Waals surface area contributed by atoms with Crippen LogP contribution < -0.4 is 5.32 Å². The van der Waals surface area contributed by atoms with Gasteiger partial charge in [-0.15, -0.1) is 0 Å². The molecular weight excluding hydrogens is 214 g/mol. The molecule has 0 radical (unpaired) electrons. The van der Waals surface area contributed by atoms with Crippen LogP contribution in [-0.2, 0) is 0 Å². The highest BCUT2D eigenvalue weighted by molar-refractivity contribution is 5.62. The molecule has 0 fully saturated rings. The molecule has 1 unspecified atom stereocenters. The number of hydrogen-bond acceptors (Lipinski definition) is 4. The standard InChI is InChI=1S/C13H15N3O/c1-14-13(9-17)11-4-2-10(3-5-11)12-6-7-15-16-8-12/h2-8,13-14,17H,9H2,1H3. The largest absolute Gasteiger partial charge is 0.394 e. The second-order valence-corrected chi connectivity index (χ2v) is 3.78. The zero-order valence-corrected chi connectivity index (χ0v) is 9.67. The van der Waals surface area contributed by atoms with Gasteiger partial charge < -0.3 is 10.4 Å². The molecule has 0 aliphatic heterocycles. The van der Waals surface area contributed by atoms with Crippen molar-refractivity contribution in [2.75, 3.05) is 13.7 Å². The summed E-state index contributed by atoms with van der Waals surface area (Å²) in [7, 11) is 1.83. The van der Waals surface area contributed by atoms with E-state index >= 15 is 0 Å². The van der Waals surface area contributed by atoms with Gasteiger partial charge in [-0.3, -0.25) is 0 Å². The van der Waals surface area contributed by atoms with E-state index in [1.165, 1.54) is 0 Å². The van der Waals surface area contributed by atoms with Crippen molar-refractivity contribution >= 4 is 0 Å². The van der Waals surface area contributed by atoms with Gasteiger partial charge in [0.25, 0.3) is 0 Å². The number of nitrogens with one attached hydrogen (secondary N) is 1. The second-order valence-electron chi connectivity index (χ2n) is 3.78. The summed E-state index contributed by atoms with van der Waals surface area (Å²) in [5, 5.41) is 19.8. The topological polar surface area (TPSA) is 58.0 Å². The van der Waals surface area contributed by atoms with E-state index in [0.29, 0.717) is 0 Å². The molecule has 0 bridgehead atoms. The number of aliphatic hydroxyl groups excluding tert-OH is 1. The average Bonchev–Trinajstić information content (AvgIpc) is 2.42. The molecule has 4 nitrogen and oxygen atoms in total. The van der Waals surface area contributed by atoms with Crippen LogP contribution in [0.1, 0.15) is 11.6 Å². The Labute approximate surface area is 100 Å². The van der Waals surface area contributed by atoms with E-state index in [2.05, 4.69) is 15.5 Å². The van der Waals surface area contributed by atoms with Gasteiger partial charge in [0.05, 0.1) is 25.0 Å². The van der Waals surface area contributed by atoms with E-state index < -0.39 is 0 Å². The van der Waals surface area contributed by atoms with Gasteiger partial charge in [0.15, 0.2) is 0 Å². The van der Waals surface area contributed by atoms with Gasteiger partial charge in [0.2, 0.25) is 0 Å². The Kier molecular flexibility index (Phi) is 3.80. The van der Waals surface area contributed by atoms with E-state index in [4.69, 9.17) is 0 Å². The van der Waals surface area contributed by atoms with Gasteiger partial charge in [0.1, 0.15) is 0 Å². The van der Waals surface area contributed by atoms with Crippen LogP contribution in [-0.4, -0.2) is 29.0 Å². The van der Waals surface area contributed by atoms with Crippen molar-refractivity contribution in [1.82, 2.24) is 15.5 Å². The molecule has 0 aliphatic rings. The number of nitrogens with zero attached hydrogens (tertiary/aromatic N) is 2. The molecule has 0 saturated heterocycles. The molecule has 1 aromatic carbocycles. The van der Waals surface area contributed by atoms with Gasteiger partial charge >= 0.3 is 0 Å². The molecule has 17 heavy (non-hydrogen) atoms. The molecular formula is C13H15N3O. The van der Waals surface area contributed by atoms with Crippen LogP contribution in [0.2, 0.25) is 0 Å². The van der Waals surface area contributed by atoms with E-state index in [9.17, 15) is 5.11 Å². The number of aromatic nitrogens is 2. The Morgan fingerprint density at radius 2 is 1.88 bits per heavy atom. The van der Waals surface area contributed by atoms with Crippen LogP contribution in [0.15, 0.2) is 42.7 Å². The maximum Gasteiger partial charge on any atom is 0.0626 e. The third-order valence-electron chi connectivity index (χ3n) is 2.76. The Morgan fingerprint density at radius 1 is 1.12 bits per heavy atom. The lowest BCUT2D eigenvalue weighted by atomic mass is 10.0. The summed E-state index contributed by atoms with van der Waals surface area (Å²) in [5.41, 5.74) is 3.20. The SMILES string of the molecule is CNC(CO)c1ccc(-c2ccnnc2)cc1. The third kappa shape index (κ3) is 2.67. The number of hydrogen-bond donors (Lipinski definition) is 2. The predicted molar refractivity (Wildman–Crippen MR) is 66.4 cm³/mol. The fourth-order valence-corrected chi connectivity index (χ4v) is 1.73. The molecule has 0 aliphatic carbocycles. The van der Waals surface area contributed by atoms with Crippen LogP contribution >= 0.6 is 0 Å². The molecule has 0 spiro atoms. The van der Waals surface area contributed by atoms with Crippen molar-refractivity contribution in [2.45, 2.75) is 6.04 Å². The number of likely N-dealkylation sites (N-methyl/N-ethyl adjacent to an activating group) is 1. The first-order chi connectivity index (χ1) is 8.35. The minimum absolute atomic E-state index is 0.0142. The molecule has 0 amide bonds. The van der Waals surface area contributed by atoms with E-state index in [1.807, 2.05) is 37.4 Å². The Balaban J connectivity index is 2.24. The lowest BCUT2D eigenvalue weighted by molar-refractivity contribution is 0.251. The monoisotopic (exact) mass is 229 g/mol. The summed E-state index contributed by atoms with van der Waals surface area (Å²) in [6, 6.07) is 9.96. The van der Waals surface area contributed by atoms with Crippen LogP contribution in [0, 0.1) is 0 Å². The molecule has 2 aromatic rings. The van der Waals surface area contributed by atoms with Crippen molar-refractivity contribution in [1.29, 1.82) is 0 Å². The van der Waals surface area contributed by atoms with Crippen molar-refractivity contribution in [2.24, 2.45) is 0 Å². The molecule has 4 heteroatoms. The van der Waals surface area contributed by atoms with Gasteiger partial charge in [-0.25, -0.2) is 0 Å². The summed E-state index contributed by atoms with van der Waals surface area (Å²) in [4.78, 5) is 0. The van der Waals surface area contributed by atoms with E-state index in [0.717, 1.165) is 16.7 Å². The number of aliphatic hydroxyl groups is 1. The third-order valence-corrected chi connectivity index (χ3v) is 2.76. The minimum atomic E-state index is -0.0142. The van der Waals surface area contributed by atoms with Crippen molar-refractivity contribution in [3.05, 3.63) is 48.3 Å². The zero-order valence-electron chi connectivity index (χ0n) is 9.67. The van der Waals surface area contributed by atoms with Crippen molar-refractivity contribution in [3.8, 4) is 11.1 Å². The van der Waals surface area contributed by atoms with Crippen molar-refractivity contribution < 1.29 is 5.11 Å². The number of rotatable bonds is 4. The minimum Gasteiger partial charge on any atom is -0.394 e. The summed E-state index contributed by atoms with van der Waals surface area (Å²) in [6.45, 7) is 0.0899. The maximum atomic E-state index is 9.19. The molecule has 1 atom stereocenters. The summed E-state index contributed by atoms with van der Waals surface area (Å²) in [6.07, 6.45) is 3.41. The van der Waals surface area contributed by atoms with Gasteiger partial charge in [0, 0.05) is 5.56 Å². The predicted octanol–water partition coefficient (Wildman–Crippen LogP) is 1.40. The summed E-state index contributed by atoms with van der Waals surface area (Å²) >= 11 is 0. The van der Waals surface area contributed by atoms with Crippen LogP contribution in [0.5, 0.6) is 0 Å². The van der Waals surface area contributed by atoms with Gasteiger partial charge in [-0.2, -0.15) is 10.2 Å². The highest BCUT2D eigenvalue weighted by atomic mass is 16.3. The summed E-state index contributed by atoms with van der Waals surface area (Å²) < 4.78 is 0. The molecule has 1 aromatic heterocycles. The molecule has 2 rings (SSSR count). The average molecular weight is 229 g/mol. The number of benzene rings is 1. The van der Waals surface area contributed by atoms with Crippen molar-refractivity contribution in [3.63, 3.8) is 0 Å². The maximum absolute atomic E-state index is 9.19. The quantitative estimate of drug-likeness (QED) is 0.832. The smallest absolute Gasteiger partial charge is 0.0626 e. The fourth-order valence-electron chi connectivity index (χ4n) is 1.73. The van der Waals surface area contributed by atoms with Gasteiger partial charge in [-0.05, 0) is 24.2 Å². The normalized spacial score (nSPS) is 12.4. The molecule has 0 saturated carbocycles. The van der Waals surface area contributed by atoms with Crippen LogP contribution in [0.3, 0.4) is 0 Å². The zero-order chi connectivity index (χ0) is 12.1.